The third kappa shape index (κ3) is 3.61. The number of nitrogens with one attached hydrogen (secondary N) is 1. The zero-order valence-corrected chi connectivity index (χ0v) is 13.8. The first-order valence-corrected chi connectivity index (χ1v) is 8.17. The van der Waals surface area contributed by atoms with Gasteiger partial charge in [0.05, 0.1) is 31.0 Å². The number of carbonyl (C=O) groups excluding carboxylic acids is 1. The van der Waals surface area contributed by atoms with Crippen LogP contribution in [0.15, 0.2) is 0 Å². The Labute approximate surface area is 131 Å². The van der Waals surface area contributed by atoms with E-state index in [1.54, 1.807) is 4.90 Å². The van der Waals surface area contributed by atoms with Gasteiger partial charge >= 0.3 is 6.09 Å². The van der Waals surface area contributed by atoms with Crippen molar-refractivity contribution in [3.05, 3.63) is 17.2 Å². The van der Waals surface area contributed by atoms with Gasteiger partial charge in [-0.2, -0.15) is 0 Å². The van der Waals surface area contributed by atoms with Gasteiger partial charge in [-0.05, 0) is 46.7 Å². The van der Waals surface area contributed by atoms with Crippen molar-refractivity contribution in [2.24, 2.45) is 0 Å². The molecule has 0 radical (unpaired) electrons. The van der Waals surface area contributed by atoms with E-state index in [0.717, 1.165) is 36.8 Å². The van der Waals surface area contributed by atoms with E-state index < -0.39 is 5.60 Å². The van der Waals surface area contributed by atoms with Gasteiger partial charge in [-0.25, -0.2) is 9.78 Å². The summed E-state index contributed by atoms with van der Waals surface area (Å²) in [6.07, 6.45) is 3.65. The molecule has 0 unspecified atom stereocenters. The molecule has 122 valence electrons. The lowest BCUT2D eigenvalue weighted by Gasteiger charge is -2.25. The SMILES string of the molecule is CC(C)(C)OC(=O)N1Cc2nc(CN3CCCCC3)[nH]c2C1. The lowest BCUT2D eigenvalue weighted by molar-refractivity contribution is 0.0238. The van der Waals surface area contributed by atoms with Crippen molar-refractivity contribution < 1.29 is 9.53 Å². The number of H-pyrrole nitrogens is 1. The Kier molecular flexibility index (Phi) is 4.12. The number of amides is 1. The number of hydrogen-bond acceptors (Lipinski definition) is 4. The van der Waals surface area contributed by atoms with E-state index >= 15 is 0 Å². The summed E-state index contributed by atoms with van der Waals surface area (Å²) in [4.78, 5) is 24.3. The molecule has 1 fully saturated rings. The van der Waals surface area contributed by atoms with Crippen LogP contribution in [0.25, 0.3) is 0 Å². The molecular weight excluding hydrogens is 280 g/mol. The smallest absolute Gasteiger partial charge is 0.410 e. The van der Waals surface area contributed by atoms with Crippen LogP contribution in [-0.2, 0) is 24.4 Å². The summed E-state index contributed by atoms with van der Waals surface area (Å²) in [6.45, 7) is 9.97. The van der Waals surface area contributed by atoms with E-state index in [2.05, 4.69) is 14.9 Å². The molecule has 0 aliphatic carbocycles. The van der Waals surface area contributed by atoms with E-state index in [1.807, 2.05) is 20.8 Å². The second kappa shape index (κ2) is 5.91. The molecule has 6 heteroatoms. The molecule has 1 saturated heterocycles. The Bertz CT molecular complexity index is 517. The molecule has 0 aromatic carbocycles. The predicted molar refractivity (Wildman–Crippen MR) is 83.2 cm³/mol. The molecule has 1 aromatic rings. The van der Waals surface area contributed by atoms with Crippen molar-refractivity contribution in [2.75, 3.05) is 13.1 Å². The molecule has 2 aliphatic rings. The number of fused-ring (bicyclic) bond motifs is 1. The second-order valence-corrected chi connectivity index (χ2v) is 7.28. The number of likely N-dealkylation sites (tertiary alicyclic amines) is 1. The Morgan fingerprint density at radius 3 is 2.59 bits per heavy atom. The number of carbonyl (C=O) groups is 1. The number of hydrogen-bond donors (Lipinski definition) is 1. The minimum absolute atomic E-state index is 0.267. The van der Waals surface area contributed by atoms with Gasteiger partial charge in [-0.1, -0.05) is 6.42 Å². The molecule has 0 spiro atoms. The number of aromatic nitrogens is 2. The van der Waals surface area contributed by atoms with Crippen LogP contribution in [0.2, 0.25) is 0 Å². The van der Waals surface area contributed by atoms with Crippen LogP contribution < -0.4 is 0 Å². The van der Waals surface area contributed by atoms with Gasteiger partial charge in [0, 0.05) is 0 Å². The van der Waals surface area contributed by atoms with Gasteiger partial charge < -0.3 is 9.72 Å². The maximum atomic E-state index is 12.1. The van der Waals surface area contributed by atoms with Crippen LogP contribution in [0, 0.1) is 0 Å². The van der Waals surface area contributed by atoms with Gasteiger partial charge in [-0.3, -0.25) is 9.80 Å². The Morgan fingerprint density at radius 2 is 1.95 bits per heavy atom. The number of ether oxygens (including phenoxy) is 1. The highest BCUT2D eigenvalue weighted by atomic mass is 16.6. The van der Waals surface area contributed by atoms with Crippen molar-refractivity contribution in [1.82, 2.24) is 19.8 Å². The first kappa shape index (κ1) is 15.3. The third-order valence-corrected chi connectivity index (χ3v) is 4.08. The summed E-state index contributed by atoms with van der Waals surface area (Å²) < 4.78 is 5.41. The standard InChI is InChI=1S/C16H26N4O2/c1-16(2,3)22-15(21)20-9-12-13(10-20)18-14(17-12)11-19-7-5-4-6-8-19/h4-11H2,1-3H3,(H,17,18). The van der Waals surface area contributed by atoms with Crippen molar-refractivity contribution >= 4 is 6.09 Å². The lowest BCUT2D eigenvalue weighted by Crippen LogP contribution is -2.33. The van der Waals surface area contributed by atoms with Gasteiger partial charge in [0.2, 0.25) is 0 Å². The quantitative estimate of drug-likeness (QED) is 0.912. The first-order chi connectivity index (χ1) is 10.4. The van der Waals surface area contributed by atoms with Crippen molar-refractivity contribution in [3.63, 3.8) is 0 Å². The molecule has 3 rings (SSSR count). The highest BCUT2D eigenvalue weighted by molar-refractivity contribution is 5.68. The topological polar surface area (TPSA) is 61.5 Å². The fraction of sp³-hybridized carbons (Fsp3) is 0.750. The zero-order chi connectivity index (χ0) is 15.7. The van der Waals surface area contributed by atoms with Crippen LogP contribution in [0.5, 0.6) is 0 Å². The molecule has 6 nitrogen and oxygen atoms in total. The number of imidazole rings is 1. The highest BCUT2D eigenvalue weighted by Crippen LogP contribution is 2.23. The van der Waals surface area contributed by atoms with Crippen LogP contribution >= 0.6 is 0 Å². The Balaban J connectivity index is 1.57. The second-order valence-electron chi connectivity index (χ2n) is 7.28. The predicted octanol–water partition coefficient (Wildman–Crippen LogP) is 2.65. The minimum Gasteiger partial charge on any atom is -0.444 e. The zero-order valence-electron chi connectivity index (χ0n) is 13.8. The summed E-state index contributed by atoms with van der Waals surface area (Å²) in [5.74, 6) is 1.02. The summed E-state index contributed by atoms with van der Waals surface area (Å²) >= 11 is 0. The van der Waals surface area contributed by atoms with Crippen LogP contribution in [0.3, 0.4) is 0 Å². The van der Waals surface area contributed by atoms with E-state index in [9.17, 15) is 4.79 Å². The van der Waals surface area contributed by atoms with Crippen LogP contribution in [0.1, 0.15) is 57.2 Å². The van der Waals surface area contributed by atoms with E-state index in [-0.39, 0.29) is 6.09 Å². The van der Waals surface area contributed by atoms with Gasteiger partial charge in [0.15, 0.2) is 0 Å². The molecular formula is C16H26N4O2. The highest BCUT2D eigenvalue weighted by Gasteiger charge is 2.30. The van der Waals surface area contributed by atoms with Crippen molar-refractivity contribution in [1.29, 1.82) is 0 Å². The largest absolute Gasteiger partial charge is 0.444 e. The molecule has 0 atom stereocenters. The fourth-order valence-electron chi connectivity index (χ4n) is 3.05. The van der Waals surface area contributed by atoms with Crippen molar-refractivity contribution in [2.45, 2.75) is 65.3 Å². The molecule has 1 N–H and O–H groups in total. The molecule has 1 aromatic heterocycles. The van der Waals surface area contributed by atoms with Gasteiger partial charge in [0.1, 0.15) is 11.4 Å². The van der Waals surface area contributed by atoms with E-state index in [0.29, 0.717) is 13.1 Å². The van der Waals surface area contributed by atoms with Crippen LogP contribution in [0.4, 0.5) is 4.79 Å². The van der Waals surface area contributed by atoms with Crippen molar-refractivity contribution in [3.8, 4) is 0 Å². The minimum atomic E-state index is -0.458. The summed E-state index contributed by atoms with van der Waals surface area (Å²) in [7, 11) is 0. The molecule has 2 aliphatic heterocycles. The van der Waals surface area contributed by atoms with E-state index in [4.69, 9.17) is 4.74 Å². The number of nitrogens with zero attached hydrogens (tertiary/aromatic N) is 3. The average Bonchev–Trinajstić information content (AvgIpc) is 2.96. The third-order valence-electron chi connectivity index (χ3n) is 4.08. The summed E-state index contributed by atoms with van der Waals surface area (Å²) in [5, 5.41) is 0. The molecule has 3 heterocycles. The summed E-state index contributed by atoms with van der Waals surface area (Å²) in [6, 6.07) is 0. The molecule has 22 heavy (non-hydrogen) atoms. The van der Waals surface area contributed by atoms with E-state index in [1.165, 1.54) is 19.3 Å². The number of aromatic amines is 1. The average molecular weight is 306 g/mol. The van der Waals surface area contributed by atoms with Gasteiger partial charge in [0.25, 0.3) is 0 Å². The maximum absolute atomic E-state index is 12.1. The maximum Gasteiger partial charge on any atom is 0.410 e. The van der Waals surface area contributed by atoms with Crippen LogP contribution in [-0.4, -0.2) is 44.6 Å². The van der Waals surface area contributed by atoms with Gasteiger partial charge in [-0.15, -0.1) is 0 Å². The summed E-state index contributed by atoms with van der Waals surface area (Å²) in [5.41, 5.74) is 1.58. The lowest BCUT2D eigenvalue weighted by atomic mass is 10.1. The fourth-order valence-corrected chi connectivity index (χ4v) is 3.05. The molecule has 1 amide bonds. The monoisotopic (exact) mass is 306 g/mol. The number of piperidine rings is 1. The molecule has 0 saturated carbocycles. The number of rotatable bonds is 2. The molecule has 0 bridgehead atoms. The first-order valence-electron chi connectivity index (χ1n) is 8.17. The Hall–Kier alpha value is -1.56. The normalized spacial score (nSPS) is 19.3. The Morgan fingerprint density at radius 1 is 1.23 bits per heavy atom.